The van der Waals surface area contributed by atoms with E-state index in [2.05, 4.69) is 180 Å². The molecule has 0 spiro atoms. The van der Waals surface area contributed by atoms with E-state index in [1.165, 1.54) is 47.7 Å². The zero-order valence-corrected chi connectivity index (χ0v) is 34.6. The largest absolute Gasteiger partial charge is 0.456 e. The van der Waals surface area contributed by atoms with E-state index in [0.717, 1.165) is 60.8 Å². The van der Waals surface area contributed by atoms with Crippen LogP contribution in [0, 0.1) is 0 Å². The number of para-hydroxylation sites is 2. The molecule has 4 heterocycles. The molecule has 0 unspecified atom stereocenters. The highest BCUT2D eigenvalue weighted by Crippen LogP contribution is 2.45. The van der Waals surface area contributed by atoms with Crippen LogP contribution < -0.4 is 0 Å². The van der Waals surface area contributed by atoms with Gasteiger partial charge in [-0.05, 0) is 70.8 Å². The van der Waals surface area contributed by atoms with Gasteiger partial charge in [-0.1, -0.05) is 158 Å². The van der Waals surface area contributed by atoms with Crippen LogP contribution in [0.1, 0.15) is 0 Å². The van der Waals surface area contributed by atoms with Gasteiger partial charge in [0.15, 0.2) is 17.5 Å². The van der Waals surface area contributed by atoms with Crippen LogP contribution in [0.5, 0.6) is 0 Å². The lowest BCUT2D eigenvalue weighted by molar-refractivity contribution is 0.669. The fourth-order valence-electron chi connectivity index (χ4n) is 9.42. The van der Waals surface area contributed by atoms with Crippen LogP contribution in [-0.2, 0) is 0 Å². The molecule has 6 heteroatoms. The van der Waals surface area contributed by atoms with Crippen molar-refractivity contribution >= 4 is 75.3 Å². The third-order valence-corrected chi connectivity index (χ3v) is 13.5. The molecule has 0 bridgehead atoms. The maximum Gasteiger partial charge on any atom is 0.164 e. The van der Waals surface area contributed by atoms with E-state index in [4.69, 9.17) is 19.4 Å². The van der Waals surface area contributed by atoms with Crippen LogP contribution >= 0.6 is 11.3 Å². The molecule has 0 amide bonds. The van der Waals surface area contributed by atoms with Gasteiger partial charge in [0, 0.05) is 64.1 Å². The topological polar surface area (TPSA) is 56.7 Å². The lowest BCUT2D eigenvalue weighted by Gasteiger charge is -2.10. The molecule has 0 radical (unpaired) electrons. The smallest absolute Gasteiger partial charge is 0.164 e. The number of rotatable bonds is 6. The summed E-state index contributed by atoms with van der Waals surface area (Å²) in [5.74, 6) is 1.83. The first kappa shape index (κ1) is 35.6. The Morgan fingerprint density at radius 1 is 0.365 bits per heavy atom. The van der Waals surface area contributed by atoms with Gasteiger partial charge in [-0.25, -0.2) is 15.0 Å². The van der Waals surface area contributed by atoms with E-state index in [-0.39, 0.29) is 0 Å². The standard InChI is InChI=1S/C57H34N4OS/c1-4-15-35(16-5-1)40-22-13-27-49-52(40)44-32-30-38(34-50(44)62-49)56-58-55(36-17-6-2-7-18-36)59-57(60-56)46-25-14-28-51-53(46)45-24-12-23-41(54(45)63-51)37-29-31-43-42-21-10-11-26-47(42)61(48(43)33-37)39-19-8-3-9-20-39/h1-34H. The number of fused-ring (bicyclic) bond motifs is 9. The average molecular weight is 823 g/mol. The first-order chi connectivity index (χ1) is 31.2. The molecule has 9 aromatic carbocycles. The molecular weight excluding hydrogens is 789 g/mol. The number of nitrogens with zero attached hydrogens (tertiary/aromatic N) is 4. The van der Waals surface area contributed by atoms with Crippen molar-refractivity contribution in [2.45, 2.75) is 0 Å². The number of furan rings is 1. The number of aromatic nitrogens is 4. The van der Waals surface area contributed by atoms with Crippen molar-refractivity contribution in [3.05, 3.63) is 206 Å². The van der Waals surface area contributed by atoms with Crippen LogP contribution in [-0.4, -0.2) is 19.5 Å². The van der Waals surface area contributed by atoms with Crippen molar-refractivity contribution in [3.63, 3.8) is 0 Å². The van der Waals surface area contributed by atoms with E-state index < -0.39 is 0 Å². The lowest BCUT2D eigenvalue weighted by Crippen LogP contribution is -2.00. The van der Waals surface area contributed by atoms with Crippen molar-refractivity contribution in [2.75, 3.05) is 0 Å². The molecule has 63 heavy (non-hydrogen) atoms. The van der Waals surface area contributed by atoms with Crippen LogP contribution in [0.25, 0.3) is 126 Å². The van der Waals surface area contributed by atoms with Crippen molar-refractivity contribution < 1.29 is 4.42 Å². The van der Waals surface area contributed by atoms with E-state index in [1.807, 2.05) is 41.7 Å². The normalized spacial score (nSPS) is 11.8. The van der Waals surface area contributed by atoms with Gasteiger partial charge in [0.25, 0.3) is 0 Å². The first-order valence-electron chi connectivity index (χ1n) is 21.1. The van der Waals surface area contributed by atoms with Gasteiger partial charge in [-0.15, -0.1) is 11.3 Å². The summed E-state index contributed by atoms with van der Waals surface area (Å²) < 4.78 is 11.3. The molecular formula is C57H34N4OS. The Balaban J connectivity index is 0.982. The Kier molecular flexibility index (Phi) is 8.01. The zero-order valence-electron chi connectivity index (χ0n) is 33.7. The Bertz CT molecular complexity index is 3910. The van der Waals surface area contributed by atoms with Crippen molar-refractivity contribution in [3.8, 4) is 62.1 Å². The fourth-order valence-corrected chi connectivity index (χ4v) is 10.7. The average Bonchev–Trinajstić information content (AvgIpc) is 4.04. The number of hydrogen-bond acceptors (Lipinski definition) is 5. The van der Waals surface area contributed by atoms with Crippen LogP contribution in [0.2, 0.25) is 0 Å². The van der Waals surface area contributed by atoms with E-state index >= 15 is 0 Å². The van der Waals surface area contributed by atoms with E-state index in [1.54, 1.807) is 0 Å². The van der Waals surface area contributed by atoms with E-state index in [9.17, 15) is 0 Å². The highest BCUT2D eigenvalue weighted by molar-refractivity contribution is 7.26. The minimum atomic E-state index is 0.587. The molecule has 13 rings (SSSR count). The predicted molar refractivity (Wildman–Crippen MR) is 262 cm³/mol. The Hall–Kier alpha value is -8.19. The lowest BCUT2D eigenvalue weighted by atomic mass is 9.99. The van der Waals surface area contributed by atoms with Crippen LogP contribution in [0.15, 0.2) is 211 Å². The minimum absolute atomic E-state index is 0.587. The van der Waals surface area contributed by atoms with Crippen molar-refractivity contribution in [1.29, 1.82) is 0 Å². The van der Waals surface area contributed by atoms with Crippen molar-refractivity contribution in [1.82, 2.24) is 19.5 Å². The molecule has 294 valence electrons. The molecule has 0 atom stereocenters. The number of hydrogen-bond donors (Lipinski definition) is 0. The fraction of sp³-hybridized carbons (Fsp3) is 0. The molecule has 0 saturated heterocycles. The first-order valence-corrected chi connectivity index (χ1v) is 21.9. The van der Waals surface area contributed by atoms with Gasteiger partial charge in [-0.3, -0.25) is 0 Å². The predicted octanol–water partition coefficient (Wildman–Crippen LogP) is 15.6. The monoisotopic (exact) mass is 822 g/mol. The summed E-state index contributed by atoms with van der Waals surface area (Å²) in [5.41, 5.74) is 12.6. The summed E-state index contributed by atoms with van der Waals surface area (Å²) in [6.45, 7) is 0. The molecule has 0 saturated carbocycles. The van der Waals surface area contributed by atoms with Gasteiger partial charge in [0.2, 0.25) is 0 Å². The molecule has 0 aliphatic heterocycles. The second kappa shape index (κ2) is 14.2. The second-order valence-electron chi connectivity index (χ2n) is 15.9. The van der Waals surface area contributed by atoms with Crippen LogP contribution in [0.4, 0.5) is 0 Å². The van der Waals surface area contributed by atoms with Gasteiger partial charge in [0.1, 0.15) is 11.2 Å². The highest BCUT2D eigenvalue weighted by atomic mass is 32.1. The summed E-state index contributed by atoms with van der Waals surface area (Å²) in [4.78, 5) is 15.6. The summed E-state index contributed by atoms with van der Waals surface area (Å²) >= 11 is 1.82. The maximum atomic E-state index is 6.55. The van der Waals surface area contributed by atoms with Gasteiger partial charge in [0.05, 0.1) is 11.0 Å². The van der Waals surface area contributed by atoms with Crippen LogP contribution in [0.3, 0.4) is 0 Å². The van der Waals surface area contributed by atoms with Gasteiger partial charge >= 0.3 is 0 Å². The molecule has 13 aromatic rings. The second-order valence-corrected chi connectivity index (χ2v) is 17.0. The summed E-state index contributed by atoms with van der Waals surface area (Å²) in [6, 6.07) is 72.6. The quantitative estimate of drug-likeness (QED) is 0.168. The molecule has 5 nitrogen and oxygen atoms in total. The Morgan fingerprint density at radius 3 is 1.83 bits per heavy atom. The van der Waals surface area contributed by atoms with E-state index in [0.29, 0.717) is 17.5 Å². The molecule has 0 aliphatic carbocycles. The molecule has 0 fully saturated rings. The number of benzene rings is 9. The zero-order chi connectivity index (χ0) is 41.4. The molecule has 0 aliphatic rings. The third kappa shape index (κ3) is 5.73. The molecule has 4 aromatic heterocycles. The maximum absolute atomic E-state index is 6.55. The summed E-state index contributed by atoms with van der Waals surface area (Å²) in [7, 11) is 0. The Morgan fingerprint density at radius 2 is 0.984 bits per heavy atom. The summed E-state index contributed by atoms with van der Waals surface area (Å²) in [6.07, 6.45) is 0. The molecule has 0 N–H and O–H groups in total. The minimum Gasteiger partial charge on any atom is -0.456 e. The SMILES string of the molecule is c1ccc(-c2nc(-c3ccc4c(c3)oc3cccc(-c5ccccc5)c34)nc(-c3cccc4sc5c(-c6ccc7c8ccccc8n(-c8ccccc8)c7c6)cccc5c34)n2)cc1. The summed E-state index contributed by atoms with van der Waals surface area (Å²) in [5, 5.41) is 6.94. The third-order valence-electron chi connectivity index (χ3n) is 12.3. The Labute approximate surface area is 365 Å². The van der Waals surface area contributed by atoms with Gasteiger partial charge in [-0.2, -0.15) is 0 Å². The van der Waals surface area contributed by atoms with Crippen molar-refractivity contribution in [2.24, 2.45) is 0 Å². The number of thiophene rings is 1. The highest BCUT2D eigenvalue weighted by Gasteiger charge is 2.21. The van der Waals surface area contributed by atoms with Gasteiger partial charge < -0.3 is 8.98 Å².